The number of nitrogens with zero attached hydrogens (tertiary/aromatic N) is 2. The molecule has 1 amide bonds. The molecule has 1 saturated carbocycles. The average molecular weight is 444 g/mol. The lowest BCUT2D eigenvalue weighted by Crippen LogP contribution is -2.40. The molecule has 1 aromatic carbocycles. The maximum absolute atomic E-state index is 12.4. The Hall–Kier alpha value is -1.31. The van der Waals surface area contributed by atoms with E-state index in [1.54, 1.807) is 0 Å². The number of halogens is 1. The number of hydrogen-bond acceptors (Lipinski definition) is 2. The molecule has 6 heteroatoms. The van der Waals surface area contributed by atoms with E-state index >= 15 is 0 Å². The maximum atomic E-state index is 12.4. The van der Waals surface area contributed by atoms with Crippen LogP contribution in [0.5, 0.6) is 0 Å². The van der Waals surface area contributed by atoms with Crippen molar-refractivity contribution in [3.05, 3.63) is 35.9 Å². The Labute approximate surface area is 162 Å². The molecule has 2 rings (SSSR count). The van der Waals surface area contributed by atoms with Crippen LogP contribution >= 0.6 is 24.0 Å². The lowest BCUT2D eigenvalue weighted by Gasteiger charge is -2.20. The molecule has 0 heterocycles. The number of aliphatic imine (C=N–C) groups is 1. The molecule has 1 fully saturated rings. The predicted molar refractivity (Wildman–Crippen MR) is 110 cm³/mol. The monoisotopic (exact) mass is 444 g/mol. The van der Waals surface area contributed by atoms with Gasteiger partial charge in [-0.05, 0) is 31.7 Å². The van der Waals surface area contributed by atoms with Crippen molar-refractivity contribution in [2.75, 3.05) is 19.6 Å². The number of likely N-dealkylation sites (N-methyl/N-ethyl adjacent to an activating group) is 1. The van der Waals surface area contributed by atoms with Crippen molar-refractivity contribution >= 4 is 35.8 Å². The first-order chi connectivity index (χ1) is 11.1. The molecule has 1 aliphatic carbocycles. The first-order valence-corrected chi connectivity index (χ1v) is 8.50. The Morgan fingerprint density at radius 1 is 1.29 bits per heavy atom. The molecule has 0 bridgehead atoms. The van der Waals surface area contributed by atoms with Gasteiger partial charge in [0.2, 0.25) is 5.91 Å². The second kappa shape index (κ2) is 10.5. The van der Waals surface area contributed by atoms with E-state index in [9.17, 15) is 4.79 Å². The number of carbonyl (C=O) groups is 1. The highest BCUT2D eigenvalue weighted by Crippen LogP contribution is 2.28. The summed E-state index contributed by atoms with van der Waals surface area (Å²) in [5.74, 6) is 1.49. The molecule has 0 saturated heterocycles. The molecule has 24 heavy (non-hydrogen) atoms. The molecule has 134 valence electrons. The molecule has 0 aliphatic heterocycles. The smallest absolute Gasteiger partial charge is 0.244 e. The van der Waals surface area contributed by atoms with Crippen molar-refractivity contribution in [3.8, 4) is 0 Å². The SMILES string of the molecule is CCNC(=NCC(=O)N(CC)Cc1ccccc1)NC1CC1C.I. The summed E-state index contributed by atoms with van der Waals surface area (Å²) in [6.07, 6.45) is 1.17. The zero-order chi connectivity index (χ0) is 16.7. The fraction of sp³-hybridized carbons (Fsp3) is 0.556. The van der Waals surface area contributed by atoms with Gasteiger partial charge in [0.15, 0.2) is 5.96 Å². The summed E-state index contributed by atoms with van der Waals surface area (Å²) in [7, 11) is 0. The van der Waals surface area contributed by atoms with E-state index in [2.05, 4.69) is 22.5 Å². The number of carbonyl (C=O) groups excluding carboxylic acids is 1. The summed E-state index contributed by atoms with van der Waals surface area (Å²) in [4.78, 5) is 18.7. The predicted octanol–water partition coefficient (Wildman–Crippen LogP) is 2.62. The number of benzene rings is 1. The molecular formula is C18H29IN4O. The van der Waals surface area contributed by atoms with Crippen LogP contribution < -0.4 is 10.6 Å². The fourth-order valence-electron chi connectivity index (χ4n) is 2.45. The lowest BCUT2D eigenvalue weighted by atomic mass is 10.2. The van der Waals surface area contributed by atoms with E-state index in [1.807, 2.05) is 49.1 Å². The molecule has 2 atom stereocenters. The van der Waals surface area contributed by atoms with Gasteiger partial charge in [-0.1, -0.05) is 37.3 Å². The molecule has 2 N–H and O–H groups in total. The zero-order valence-corrected chi connectivity index (χ0v) is 17.1. The van der Waals surface area contributed by atoms with Gasteiger partial charge in [0.1, 0.15) is 6.54 Å². The van der Waals surface area contributed by atoms with Crippen molar-refractivity contribution in [1.29, 1.82) is 0 Å². The standard InChI is InChI=1S/C18H28N4O.HI/c1-4-19-18(21-16-11-14(16)3)20-12-17(23)22(5-2)13-15-9-7-6-8-10-15;/h6-10,14,16H,4-5,11-13H2,1-3H3,(H2,19,20,21);1H. The average Bonchev–Trinajstić information content (AvgIpc) is 3.26. The van der Waals surface area contributed by atoms with E-state index in [-0.39, 0.29) is 36.4 Å². The van der Waals surface area contributed by atoms with Gasteiger partial charge in [0.25, 0.3) is 0 Å². The van der Waals surface area contributed by atoms with E-state index < -0.39 is 0 Å². The molecule has 2 unspecified atom stereocenters. The second-order valence-corrected chi connectivity index (χ2v) is 6.05. The molecule has 1 aliphatic rings. The van der Waals surface area contributed by atoms with Crippen LogP contribution in [0.15, 0.2) is 35.3 Å². The highest BCUT2D eigenvalue weighted by molar-refractivity contribution is 14.0. The Morgan fingerprint density at radius 3 is 2.50 bits per heavy atom. The van der Waals surface area contributed by atoms with Crippen LogP contribution in [0.25, 0.3) is 0 Å². The van der Waals surface area contributed by atoms with Crippen molar-refractivity contribution in [3.63, 3.8) is 0 Å². The third kappa shape index (κ3) is 6.67. The quantitative estimate of drug-likeness (QED) is 0.386. The topological polar surface area (TPSA) is 56.7 Å². The normalized spacial score (nSPS) is 19.2. The highest BCUT2D eigenvalue weighted by Gasteiger charge is 2.33. The van der Waals surface area contributed by atoms with Gasteiger partial charge in [0, 0.05) is 25.7 Å². The van der Waals surface area contributed by atoms with Crippen LogP contribution in [0.4, 0.5) is 0 Å². The summed E-state index contributed by atoms with van der Waals surface area (Å²) >= 11 is 0. The molecule has 0 radical (unpaired) electrons. The number of nitrogens with one attached hydrogen (secondary N) is 2. The van der Waals surface area contributed by atoms with Gasteiger partial charge >= 0.3 is 0 Å². The fourth-order valence-corrected chi connectivity index (χ4v) is 2.45. The third-order valence-electron chi connectivity index (χ3n) is 4.10. The van der Waals surface area contributed by atoms with Crippen LogP contribution in [0, 0.1) is 5.92 Å². The summed E-state index contributed by atoms with van der Waals surface area (Å²) in [5.41, 5.74) is 1.14. The Balaban J connectivity index is 0.00000288. The number of guanidine groups is 1. The number of amides is 1. The van der Waals surface area contributed by atoms with E-state index in [1.165, 1.54) is 6.42 Å². The van der Waals surface area contributed by atoms with Gasteiger partial charge < -0.3 is 15.5 Å². The van der Waals surface area contributed by atoms with Crippen LogP contribution in [0.3, 0.4) is 0 Å². The van der Waals surface area contributed by atoms with Crippen LogP contribution in [0.2, 0.25) is 0 Å². The molecule has 1 aromatic rings. The largest absolute Gasteiger partial charge is 0.357 e. The first-order valence-electron chi connectivity index (χ1n) is 8.50. The van der Waals surface area contributed by atoms with E-state index in [0.29, 0.717) is 25.0 Å². The summed E-state index contributed by atoms with van der Waals surface area (Å²) in [6, 6.07) is 10.6. The van der Waals surface area contributed by atoms with Crippen molar-refractivity contribution in [2.45, 2.75) is 39.8 Å². The van der Waals surface area contributed by atoms with E-state index in [4.69, 9.17) is 0 Å². The summed E-state index contributed by atoms with van der Waals surface area (Å²) in [5, 5.41) is 6.58. The Morgan fingerprint density at radius 2 is 1.96 bits per heavy atom. The van der Waals surface area contributed by atoms with Gasteiger partial charge in [-0.2, -0.15) is 0 Å². The van der Waals surface area contributed by atoms with Gasteiger partial charge in [-0.3, -0.25) is 4.79 Å². The molecular weight excluding hydrogens is 415 g/mol. The second-order valence-electron chi connectivity index (χ2n) is 6.05. The van der Waals surface area contributed by atoms with Crippen LogP contribution in [0.1, 0.15) is 32.8 Å². The van der Waals surface area contributed by atoms with Crippen LogP contribution in [-0.4, -0.2) is 42.4 Å². The Bertz CT molecular complexity index is 535. The minimum Gasteiger partial charge on any atom is -0.357 e. The number of rotatable bonds is 7. The Kier molecular flexibility index (Phi) is 9.10. The van der Waals surface area contributed by atoms with Crippen molar-refractivity contribution in [2.24, 2.45) is 10.9 Å². The van der Waals surface area contributed by atoms with Gasteiger partial charge in [-0.25, -0.2) is 4.99 Å². The molecule has 5 nitrogen and oxygen atoms in total. The maximum Gasteiger partial charge on any atom is 0.244 e. The van der Waals surface area contributed by atoms with Gasteiger partial charge in [-0.15, -0.1) is 24.0 Å². The zero-order valence-electron chi connectivity index (χ0n) is 14.8. The van der Waals surface area contributed by atoms with Crippen molar-refractivity contribution < 1.29 is 4.79 Å². The number of hydrogen-bond donors (Lipinski definition) is 2. The third-order valence-corrected chi connectivity index (χ3v) is 4.10. The minimum atomic E-state index is 0. The van der Waals surface area contributed by atoms with Gasteiger partial charge in [0.05, 0.1) is 0 Å². The summed E-state index contributed by atoms with van der Waals surface area (Å²) < 4.78 is 0. The summed E-state index contributed by atoms with van der Waals surface area (Å²) in [6.45, 7) is 8.54. The lowest BCUT2D eigenvalue weighted by molar-refractivity contribution is -0.130. The van der Waals surface area contributed by atoms with E-state index in [0.717, 1.165) is 18.1 Å². The minimum absolute atomic E-state index is 0. The molecule has 0 aromatic heterocycles. The first kappa shape index (κ1) is 20.7. The highest BCUT2D eigenvalue weighted by atomic mass is 127. The molecule has 0 spiro atoms. The van der Waals surface area contributed by atoms with Crippen molar-refractivity contribution in [1.82, 2.24) is 15.5 Å². The van der Waals surface area contributed by atoms with Crippen LogP contribution in [-0.2, 0) is 11.3 Å².